The Bertz CT molecular complexity index is 2580. The summed E-state index contributed by atoms with van der Waals surface area (Å²) >= 11 is 0. The van der Waals surface area contributed by atoms with Gasteiger partial charge in [-0.2, -0.15) is 0 Å². The first-order valence-corrected chi connectivity index (χ1v) is 25.2. The molecule has 0 radical (unpaired) electrons. The summed E-state index contributed by atoms with van der Waals surface area (Å²) in [6.07, 6.45) is 12.3. The maximum absolute atomic E-state index is 14.5. The smallest absolute Gasteiger partial charge is 0.416 e. The molecule has 5 heterocycles. The Labute approximate surface area is 415 Å². The highest BCUT2D eigenvalue weighted by molar-refractivity contribution is 6.07. The summed E-state index contributed by atoms with van der Waals surface area (Å²) < 4.78 is 35.0. The van der Waals surface area contributed by atoms with Gasteiger partial charge in [-0.25, -0.2) is 14.5 Å². The van der Waals surface area contributed by atoms with Gasteiger partial charge in [0.25, 0.3) is 11.8 Å². The molecule has 1 spiro atoms. The predicted octanol–water partition coefficient (Wildman–Crippen LogP) is 8.53. The van der Waals surface area contributed by atoms with Crippen LogP contribution in [0.15, 0.2) is 80.0 Å². The number of nitrogens with zero attached hydrogens (tertiary/aromatic N) is 5. The van der Waals surface area contributed by atoms with Crippen LogP contribution in [0.25, 0.3) is 5.57 Å². The van der Waals surface area contributed by atoms with E-state index in [-0.39, 0.29) is 60.9 Å². The number of hydrogen-bond acceptors (Lipinski definition) is 12. The van der Waals surface area contributed by atoms with E-state index in [4.69, 9.17) is 28.4 Å². The molecule has 3 aromatic carbocycles. The molecule has 16 heteroatoms. The molecule has 71 heavy (non-hydrogen) atoms. The minimum absolute atomic E-state index is 0.0105. The zero-order chi connectivity index (χ0) is 49.4. The summed E-state index contributed by atoms with van der Waals surface area (Å²) in [4.78, 5) is 64.5. The lowest BCUT2D eigenvalue weighted by molar-refractivity contribution is 0.0496. The maximum atomic E-state index is 14.5. The molecule has 16 nitrogen and oxygen atoms in total. The van der Waals surface area contributed by atoms with Crippen LogP contribution < -0.4 is 28.7 Å². The Morgan fingerprint density at radius 3 is 1.99 bits per heavy atom. The number of ether oxygens (including phenoxy) is 6. The lowest BCUT2D eigenvalue weighted by atomic mass is 9.88. The van der Waals surface area contributed by atoms with E-state index in [1.165, 1.54) is 62.5 Å². The molecule has 376 valence electrons. The van der Waals surface area contributed by atoms with Gasteiger partial charge in [0.2, 0.25) is 0 Å². The van der Waals surface area contributed by atoms with Crippen molar-refractivity contribution in [3.8, 4) is 23.0 Å². The molecule has 10 rings (SSSR count). The van der Waals surface area contributed by atoms with Crippen LogP contribution in [0, 0.1) is 5.41 Å². The van der Waals surface area contributed by atoms with Crippen molar-refractivity contribution in [2.75, 3.05) is 76.6 Å². The zero-order valence-electron chi connectivity index (χ0n) is 40.9. The molecule has 1 unspecified atom stereocenters. The van der Waals surface area contributed by atoms with Crippen molar-refractivity contribution in [1.82, 2.24) is 14.7 Å². The SMILES string of the molecule is C=CCOC(=O)N1C[C@@H]2CC(c3ccc(C4CCN(C5CC5)CC4)cc3)=CN2C(=O)c2cc(OC)c(OCCCCCOc3cc4c(cc3OC)C(=O)N3CC5(CC5)C[C@H]3C(O)N4C(=O)OCC=C)cc21. The fourth-order valence-electron chi connectivity index (χ4n) is 11.2. The van der Waals surface area contributed by atoms with Crippen LogP contribution >= 0.6 is 0 Å². The molecule has 0 bridgehead atoms. The standard InChI is InChI=1S/C55H65N5O11/c1-5-22-70-53(64)58-33-40-26-38(36-12-10-35(11-13-36)37-16-20-56(21-17-37)39-14-15-39)32-57(40)50(61)41-27-46(66-3)48(29-43(41)58)68-24-8-7-9-25-69-49-30-44-42(28-47(49)67-4)51(62)59-34-55(18-19-55)31-45(59)52(63)60(44)54(65)71-23-6-2/h5-6,10-13,27-30,32,37,39-40,45,52,63H,1-2,7-9,14-26,31,33-34H2,3-4H3/t40-,45-,52?/m0/s1. The molecular formula is C55H65N5O11. The van der Waals surface area contributed by atoms with E-state index >= 15 is 0 Å². The molecule has 2 saturated carbocycles. The molecule has 2 aliphatic carbocycles. The van der Waals surface area contributed by atoms with Crippen LogP contribution in [0.5, 0.6) is 23.0 Å². The van der Waals surface area contributed by atoms with Crippen LogP contribution in [-0.2, 0) is 9.47 Å². The van der Waals surface area contributed by atoms with Crippen molar-refractivity contribution in [2.24, 2.45) is 5.41 Å². The molecule has 7 aliphatic rings. The van der Waals surface area contributed by atoms with Crippen molar-refractivity contribution in [2.45, 2.75) is 101 Å². The third-order valence-corrected chi connectivity index (χ3v) is 15.4. The van der Waals surface area contributed by atoms with Gasteiger partial charge in [-0.05, 0) is 124 Å². The molecule has 2 saturated heterocycles. The van der Waals surface area contributed by atoms with E-state index in [1.54, 1.807) is 34.1 Å². The van der Waals surface area contributed by atoms with E-state index in [0.717, 1.165) is 48.0 Å². The summed E-state index contributed by atoms with van der Waals surface area (Å²) in [6, 6.07) is 15.2. The molecule has 0 aromatic heterocycles. The van der Waals surface area contributed by atoms with Gasteiger partial charge in [0.05, 0.1) is 68.6 Å². The monoisotopic (exact) mass is 971 g/mol. The van der Waals surface area contributed by atoms with Gasteiger partial charge in [-0.15, -0.1) is 0 Å². The van der Waals surface area contributed by atoms with Crippen LogP contribution in [0.4, 0.5) is 21.0 Å². The molecule has 3 aromatic rings. The van der Waals surface area contributed by atoms with Crippen LogP contribution in [0.2, 0.25) is 0 Å². The topological polar surface area (TPSA) is 160 Å². The van der Waals surface area contributed by atoms with Gasteiger partial charge in [0.15, 0.2) is 29.2 Å². The zero-order valence-corrected chi connectivity index (χ0v) is 40.9. The lowest BCUT2D eigenvalue weighted by Crippen LogP contribution is -2.50. The third-order valence-electron chi connectivity index (χ3n) is 15.4. The van der Waals surface area contributed by atoms with E-state index < -0.39 is 24.5 Å². The van der Waals surface area contributed by atoms with E-state index in [2.05, 4.69) is 42.3 Å². The minimum atomic E-state index is -1.33. The Balaban J connectivity index is 0.791. The highest BCUT2D eigenvalue weighted by Gasteiger charge is 2.58. The van der Waals surface area contributed by atoms with Crippen molar-refractivity contribution < 1.29 is 52.7 Å². The van der Waals surface area contributed by atoms with Crippen LogP contribution in [0.1, 0.15) is 108 Å². The van der Waals surface area contributed by atoms with Crippen LogP contribution in [-0.4, -0.2) is 135 Å². The molecule has 5 aliphatic heterocycles. The first-order valence-electron chi connectivity index (χ1n) is 25.2. The number of unbranched alkanes of at least 4 members (excludes halogenated alkanes) is 2. The Kier molecular flexibility index (Phi) is 13.8. The number of likely N-dealkylation sites (tertiary alicyclic amines) is 1. The molecule has 3 atom stereocenters. The van der Waals surface area contributed by atoms with Gasteiger partial charge in [0, 0.05) is 30.9 Å². The quantitative estimate of drug-likeness (QED) is 0.102. The average Bonchev–Trinajstić information content (AvgIpc) is 4.32. The van der Waals surface area contributed by atoms with Gasteiger partial charge >= 0.3 is 12.2 Å². The number of rotatable bonds is 17. The van der Waals surface area contributed by atoms with Crippen molar-refractivity contribution >= 4 is 40.9 Å². The Hall–Kier alpha value is -6.52. The van der Waals surface area contributed by atoms with Gasteiger partial charge in [-0.1, -0.05) is 49.6 Å². The molecular weight excluding hydrogens is 907 g/mol. The predicted molar refractivity (Wildman–Crippen MR) is 266 cm³/mol. The highest BCUT2D eigenvalue weighted by Crippen LogP contribution is 2.57. The summed E-state index contributed by atoms with van der Waals surface area (Å²) in [5, 5.41) is 11.7. The summed E-state index contributed by atoms with van der Waals surface area (Å²) in [7, 11) is 3.00. The number of benzene rings is 3. The average molecular weight is 972 g/mol. The highest BCUT2D eigenvalue weighted by atomic mass is 16.6. The number of aliphatic hydroxyl groups excluding tert-OH is 1. The maximum Gasteiger partial charge on any atom is 0.416 e. The van der Waals surface area contributed by atoms with E-state index in [1.807, 2.05) is 6.20 Å². The normalized spacial score (nSPS) is 22.4. The molecule has 4 amide bonds. The second-order valence-electron chi connectivity index (χ2n) is 20.0. The number of hydrogen-bond donors (Lipinski definition) is 1. The lowest BCUT2D eigenvalue weighted by Gasteiger charge is -2.32. The van der Waals surface area contributed by atoms with E-state index in [0.29, 0.717) is 85.4 Å². The number of amides is 4. The summed E-state index contributed by atoms with van der Waals surface area (Å²) in [6.45, 7) is 10.9. The third kappa shape index (κ3) is 9.68. The Morgan fingerprint density at radius 1 is 0.761 bits per heavy atom. The van der Waals surface area contributed by atoms with Gasteiger partial charge in [0.1, 0.15) is 13.2 Å². The van der Waals surface area contributed by atoms with Crippen molar-refractivity contribution in [3.05, 3.63) is 102 Å². The number of carbonyl (C=O) groups is 4. The van der Waals surface area contributed by atoms with E-state index in [9.17, 15) is 24.3 Å². The van der Waals surface area contributed by atoms with Crippen LogP contribution in [0.3, 0.4) is 0 Å². The second-order valence-corrected chi connectivity index (χ2v) is 20.0. The molecule has 4 fully saturated rings. The second kappa shape index (κ2) is 20.3. The number of fused-ring (bicyclic) bond motifs is 4. The number of aliphatic hydroxyl groups is 1. The van der Waals surface area contributed by atoms with Crippen molar-refractivity contribution in [1.29, 1.82) is 0 Å². The number of piperidine rings is 1. The summed E-state index contributed by atoms with van der Waals surface area (Å²) in [5.41, 5.74) is 4.50. The number of anilines is 2. The largest absolute Gasteiger partial charge is 0.493 e. The first kappa shape index (κ1) is 48.1. The number of carbonyl (C=O) groups excluding carboxylic acids is 4. The fourth-order valence-corrected chi connectivity index (χ4v) is 11.2. The number of methoxy groups -OCH3 is 2. The van der Waals surface area contributed by atoms with Gasteiger partial charge in [-0.3, -0.25) is 14.5 Å². The summed E-state index contributed by atoms with van der Waals surface area (Å²) in [5.74, 6) is 1.39. The Morgan fingerprint density at radius 2 is 1.38 bits per heavy atom. The molecule has 1 N–H and O–H groups in total. The fraction of sp³-hybridized carbons (Fsp3) is 0.491. The first-order chi connectivity index (χ1) is 34.5. The van der Waals surface area contributed by atoms with Crippen molar-refractivity contribution in [3.63, 3.8) is 0 Å². The minimum Gasteiger partial charge on any atom is -0.493 e. The van der Waals surface area contributed by atoms with Gasteiger partial charge < -0.3 is 48.2 Å².